The number of hydrogen-bond acceptors (Lipinski definition) is 8. The van der Waals surface area contributed by atoms with E-state index in [2.05, 4.69) is 18.7 Å². The zero-order chi connectivity index (χ0) is 26.8. The summed E-state index contributed by atoms with van der Waals surface area (Å²) in [7, 11) is 3.40. The number of hydrogen-bond donors (Lipinski definition) is 3. The molecule has 1 spiro atoms. The molecule has 5 saturated carbocycles. The fourth-order valence-electron chi connectivity index (χ4n) is 11.4. The van der Waals surface area contributed by atoms with Crippen molar-refractivity contribution in [1.29, 1.82) is 0 Å². The van der Waals surface area contributed by atoms with Crippen LogP contribution in [0.5, 0.6) is 0 Å². The molecule has 1 aliphatic heterocycles. The van der Waals surface area contributed by atoms with E-state index in [4.69, 9.17) is 14.2 Å². The summed E-state index contributed by atoms with van der Waals surface area (Å²) in [5.74, 6) is -1.42. The van der Waals surface area contributed by atoms with Gasteiger partial charge in [-0.1, -0.05) is 32.0 Å². The molecule has 7 rings (SSSR count). The number of nitrogens with zero attached hydrogens (tertiary/aromatic N) is 1. The smallest absolute Gasteiger partial charge is 0.338 e. The van der Waals surface area contributed by atoms with E-state index in [-0.39, 0.29) is 41.7 Å². The fraction of sp³-hybridized carbons (Fsp3) is 0.767. The van der Waals surface area contributed by atoms with Crippen molar-refractivity contribution in [2.45, 2.75) is 81.2 Å². The van der Waals surface area contributed by atoms with Crippen molar-refractivity contribution < 1.29 is 34.3 Å². The molecule has 13 atom stereocenters. The second-order valence-electron chi connectivity index (χ2n) is 13.3. The summed E-state index contributed by atoms with van der Waals surface area (Å²) in [6, 6.07) is 8.48. The van der Waals surface area contributed by atoms with Crippen LogP contribution < -0.4 is 0 Å². The second kappa shape index (κ2) is 8.02. The van der Waals surface area contributed by atoms with Crippen LogP contribution >= 0.6 is 0 Å². The third-order valence-corrected chi connectivity index (χ3v) is 12.2. The number of fused-ring (bicyclic) bond motifs is 2. The van der Waals surface area contributed by atoms with E-state index in [0.29, 0.717) is 12.0 Å². The van der Waals surface area contributed by atoms with Gasteiger partial charge in [-0.2, -0.15) is 0 Å². The lowest BCUT2D eigenvalue weighted by Crippen LogP contribution is -2.81. The molecule has 1 heterocycles. The first-order chi connectivity index (χ1) is 18.1. The summed E-state index contributed by atoms with van der Waals surface area (Å²) < 4.78 is 18.8. The van der Waals surface area contributed by atoms with Gasteiger partial charge in [0.2, 0.25) is 0 Å². The zero-order valence-corrected chi connectivity index (χ0v) is 22.7. The Hall–Kier alpha value is -1.55. The topological polar surface area (TPSA) is 109 Å². The van der Waals surface area contributed by atoms with E-state index in [1.165, 1.54) is 0 Å². The summed E-state index contributed by atoms with van der Waals surface area (Å²) in [4.78, 5) is 15.7. The van der Waals surface area contributed by atoms with Gasteiger partial charge in [0.25, 0.3) is 0 Å². The Balaban J connectivity index is 1.44. The highest BCUT2D eigenvalue weighted by Gasteiger charge is 2.91. The Kier molecular flexibility index (Phi) is 5.36. The molecule has 8 heteroatoms. The van der Waals surface area contributed by atoms with Gasteiger partial charge in [-0.25, -0.2) is 4.79 Å². The molecule has 6 aliphatic rings. The van der Waals surface area contributed by atoms with Crippen molar-refractivity contribution in [2.24, 2.45) is 34.5 Å². The van der Waals surface area contributed by atoms with E-state index in [1.54, 1.807) is 38.5 Å². The summed E-state index contributed by atoms with van der Waals surface area (Å²) >= 11 is 0. The molecule has 0 aromatic heterocycles. The van der Waals surface area contributed by atoms with Gasteiger partial charge in [0.1, 0.15) is 17.3 Å². The molecule has 5 aliphatic carbocycles. The Morgan fingerprint density at radius 3 is 2.55 bits per heavy atom. The molecule has 0 radical (unpaired) electrons. The average molecular weight is 528 g/mol. The van der Waals surface area contributed by atoms with Gasteiger partial charge in [-0.05, 0) is 49.3 Å². The Labute approximate surface area is 224 Å². The number of carbonyl (C=O) groups is 1. The largest absolute Gasteiger partial charge is 0.458 e. The highest BCUT2D eigenvalue weighted by molar-refractivity contribution is 5.89. The van der Waals surface area contributed by atoms with E-state index in [9.17, 15) is 20.1 Å². The van der Waals surface area contributed by atoms with Gasteiger partial charge < -0.3 is 29.5 Å². The Morgan fingerprint density at radius 2 is 1.89 bits per heavy atom. The molecule has 3 N–H and O–H groups in total. The van der Waals surface area contributed by atoms with Crippen LogP contribution in [0.2, 0.25) is 0 Å². The second-order valence-corrected chi connectivity index (χ2v) is 13.3. The van der Waals surface area contributed by atoms with E-state index in [1.807, 2.05) is 6.07 Å². The highest BCUT2D eigenvalue weighted by atomic mass is 16.5. The number of methoxy groups -OCH3 is 2. The van der Waals surface area contributed by atoms with Crippen molar-refractivity contribution >= 4 is 5.97 Å². The quantitative estimate of drug-likeness (QED) is 0.498. The van der Waals surface area contributed by atoms with Gasteiger partial charge >= 0.3 is 5.97 Å². The molecule has 7 bridgehead atoms. The van der Waals surface area contributed by atoms with Gasteiger partial charge in [0, 0.05) is 50.4 Å². The monoisotopic (exact) mass is 527 g/mol. The van der Waals surface area contributed by atoms with Crippen LogP contribution in [0.25, 0.3) is 0 Å². The molecule has 1 saturated heterocycles. The fourth-order valence-corrected chi connectivity index (χ4v) is 11.4. The van der Waals surface area contributed by atoms with E-state index in [0.717, 1.165) is 25.9 Å². The van der Waals surface area contributed by atoms with Crippen LogP contribution in [-0.2, 0) is 14.2 Å². The minimum absolute atomic E-state index is 0.0301. The third kappa shape index (κ3) is 2.61. The zero-order valence-electron chi connectivity index (χ0n) is 22.7. The molecule has 1 aromatic carbocycles. The molecule has 38 heavy (non-hydrogen) atoms. The van der Waals surface area contributed by atoms with Crippen molar-refractivity contribution in [3.8, 4) is 0 Å². The van der Waals surface area contributed by atoms with Crippen molar-refractivity contribution in [2.75, 3.05) is 27.3 Å². The number of piperidine rings is 1. The number of benzene rings is 1. The lowest BCUT2D eigenvalue weighted by Gasteiger charge is -2.69. The number of ether oxygens (including phenoxy) is 3. The lowest BCUT2D eigenvalue weighted by molar-refractivity contribution is -0.316. The predicted octanol–water partition coefficient (Wildman–Crippen LogP) is 1.86. The Morgan fingerprint density at radius 1 is 1.16 bits per heavy atom. The van der Waals surface area contributed by atoms with Gasteiger partial charge in [0.15, 0.2) is 0 Å². The maximum Gasteiger partial charge on any atom is 0.338 e. The molecule has 13 unspecified atom stereocenters. The van der Waals surface area contributed by atoms with Crippen molar-refractivity contribution in [3.05, 3.63) is 35.9 Å². The number of likely N-dealkylation sites (tertiary alicyclic amines) is 1. The molecule has 6 fully saturated rings. The number of esters is 1. The number of aliphatic hydroxyl groups is 3. The first kappa shape index (κ1) is 25.4. The number of likely N-dealkylation sites (N-methyl/N-ethyl adjacent to an activating group) is 1. The molecule has 208 valence electrons. The van der Waals surface area contributed by atoms with Crippen LogP contribution in [0.4, 0.5) is 0 Å². The van der Waals surface area contributed by atoms with Crippen LogP contribution in [0.15, 0.2) is 30.3 Å². The summed E-state index contributed by atoms with van der Waals surface area (Å²) in [5.41, 5.74) is -3.53. The molecular formula is C30H41NO7. The standard InChI is InChI=1S/C30H41NO7/c1-5-31-15-27(2)12-11-20(36-3)29-18-13-17-19(32)14-28(34,30(35,26(29)31)24(37-4)23(27)29)21(18)22(17)38-25(33)16-9-7-6-8-10-16/h6-10,17-24,26,32,34-35H,5,11-15H2,1-4H3. The first-order valence-corrected chi connectivity index (χ1v) is 14.3. The van der Waals surface area contributed by atoms with Crippen LogP contribution in [0.3, 0.4) is 0 Å². The lowest BCUT2D eigenvalue weighted by atomic mass is 9.43. The molecule has 8 nitrogen and oxygen atoms in total. The van der Waals surface area contributed by atoms with Gasteiger partial charge in [-0.15, -0.1) is 0 Å². The minimum atomic E-state index is -1.68. The van der Waals surface area contributed by atoms with Gasteiger partial charge in [-0.3, -0.25) is 4.90 Å². The van der Waals surface area contributed by atoms with E-state index >= 15 is 0 Å². The number of aliphatic hydroxyl groups excluding tert-OH is 1. The maximum absolute atomic E-state index is 13.3. The summed E-state index contributed by atoms with van der Waals surface area (Å²) in [5, 5.41) is 37.4. The van der Waals surface area contributed by atoms with Crippen LogP contribution in [-0.4, -0.2) is 95.2 Å². The molecule has 1 aromatic rings. The number of rotatable bonds is 5. The summed E-state index contributed by atoms with van der Waals surface area (Å²) in [6.07, 6.45) is 0.104. The van der Waals surface area contributed by atoms with Crippen LogP contribution in [0, 0.1) is 34.5 Å². The summed E-state index contributed by atoms with van der Waals surface area (Å²) in [6.45, 7) is 5.99. The number of carbonyl (C=O) groups excluding carboxylic acids is 1. The maximum atomic E-state index is 13.3. The third-order valence-electron chi connectivity index (χ3n) is 12.2. The van der Waals surface area contributed by atoms with Crippen molar-refractivity contribution in [1.82, 2.24) is 4.90 Å². The Bertz CT molecular complexity index is 1130. The first-order valence-electron chi connectivity index (χ1n) is 14.3. The van der Waals surface area contributed by atoms with Crippen molar-refractivity contribution in [3.63, 3.8) is 0 Å². The SMILES string of the molecule is CCN1CC2(C)CCC(OC)C34C5CC6C(O)CC(O)(C5C6OC(=O)c5ccccc5)C(O)(C(OC)C23)C14. The van der Waals surface area contributed by atoms with E-state index < -0.39 is 46.8 Å². The minimum Gasteiger partial charge on any atom is -0.458 e. The normalized spacial score (nSPS) is 54.1. The highest BCUT2D eigenvalue weighted by Crippen LogP contribution is 2.80. The predicted molar refractivity (Wildman–Crippen MR) is 137 cm³/mol. The molecular weight excluding hydrogens is 486 g/mol. The molecule has 0 amide bonds. The average Bonchev–Trinajstić information content (AvgIpc) is 3.32. The van der Waals surface area contributed by atoms with Crippen LogP contribution in [0.1, 0.15) is 49.9 Å². The van der Waals surface area contributed by atoms with Gasteiger partial charge in [0.05, 0.1) is 29.9 Å².